The summed E-state index contributed by atoms with van der Waals surface area (Å²) in [5.41, 5.74) is 9.00. The van der Waals surface area contributed by atoms with Crippen LogP contribution in [0.4, 0.5) is 5.69 Å². The van der Waals surface area contributed by atoms with Crippen LogP contribution in [0.5, 0.6) is 0 Å². The van der Waals surface area contributed by atoms with Gasteiger partial charge in [0.15, 0.2) is 0 Å². The Morgan fingerprint density at radius 2 is 2.19 bits per heavy atom. The van der Waals surface area contributed by atoms with Crippen LogP contribution in [-0.2, 0) is 17.6 Å². The third kappa shape index (κ3) is 2.09. The van der Waals surface area contributed by atoms with Gasteiger partial charge in [0.05, 0.1) is 6.42 Å². The minimum atomic E-state index is 0.189. The van der Waals surface area contributed by atoms with Crippen molar-refractivity contribution < 1.29 is 4.79 Å². The first-order valence-electron chi connectivity index (χ1n) is 5.81. The highest BCUT2D eigenvalue weighted by Crippen LogP contribution is 2.28. The lowest BCUT2D eigenvalue weighted by Gasteiger charge is -2.11. The van der Waals surface area contributed by atoms with E-state index < -0.39 is 0 Å². The summed E-state index contributed by atoms with van der Waals surface area (Å²) in [6.07, 6.45) is 3.78. The molecule has 1 aliphatic heterocycles. The van der Waals surface area contributed by atoms with E-state index in [0.717, 1.165) is 37.1 Å². The molecule has 1 aromatic rings. The van der Waals surface area contributed by atoms with Gasteiger partial charge in [-0.25, -0.2) is 0 Å². The van der Waals surface area contributed by atoms with Crippen LogP contribution in [0, 0.1) is 0 Å². The third-order valence-corrected chi connectivity index (χ3v) is 3.15. The zero-order valence-electron chi connectivity index (χ0n) is 9.70. The Hall–Kier alpha value is -1.35. The van der Waals surface area contributed by atoms with E-state index in [1.807, 2.05) is 7.05 Å². The van der Waals surface area contributed by atoms with Crippen LogP contribution in [0.25, 0.3) is 0 Å². The van der Waals surface area contributed by atoms with E-state index in [4.69, 9.17) is 5.73 Å². The van der Waals surface area contributed by atoms with Crippen LogP contribution in [-0.4, -0.2) is 19.5 Å². The predicted octanol–water partition coefficient (Wildman–Crippen LogP) is 1.49. The molecule has 0 saturated carbocycles. The zero-order valence-corrected chi connectivity index (χ0v) is 9.70. The van der Waals surface area contributed by atoms with Gasteiger partial charge in [-0.2, -0.15) is 0 Å². The SMILES string of the molecule is CN1C(=O)Cc2ccc(CCCCN)cc21. The molecule has 0 unspecified atom stereocenters. The van der Waals surface area contributed by atoms with E-state index in [-0.39, 0.29) is 5.91 Å². The Labute approximate surface area is 96.2 Å². The standard InChI is InChI=1S/C13H18N2O/c1-15-12-8-10(4-2-3-7-14)5-6-11(12)9-13(15)16/h5-6,8H,2-4,7,9,14H2,1H3. The number of carbonyl (C=O) groups excluding carboxylic acids is 1. The van der Waals surface area contributed by atoms with E-state index in [0.29, 0.717) is 6.42 Å². The van der Waals surface area contributed by atoms with E-state index in [1.165, 1.54) is 5.56 Å². The van der Waals surface area contributed by atoms with E-state index in [1.54, 1.807) is 4.90 Å². The average Bonchev–Trinajstić information content (AvgIpc) is 2.56. The number of rotatable bonds is 4. The van der Waals surface area contributed by atoms with Gasteiger partial charge in [0.25, 0.3) is 0 Å². The van der Waals surface area contributed by atoms with E-state index >= 15 is 0 Å². The number of aryl methyl sites for hydroxylation is 1. The van der Waals surface area contributed by atoms with Crippen LogP contribution < -0.4 is 10.6 Å². The van der Waals surface area contributed by atoms with Crippen molar-refractivity contribution in [1.82, 2.24) is 0 Å². The van der Waals surface area contributed by atoms with Gasteiger partial charge in [-0.05, 0) is 43.0 Å². The molecule has 1 heterocycles. The maximum atomic E-state index is 11.5. The number of nitrogens with two attached hydrogens (primary N) is 1. The first kappa shape index (κ1) is 11.1. The zero-order chi connectivity index (χ0) is 11.5. The molecular formula is C13H18N2O. The van der Waals surface area contributed by atoms with Crippen molar-refractivity contribution in [2.75, 3.05) is 18.5 Å². The largest absolute Gasteiger partial charge is 0.330 e. The number of hydrogen-bond acceptors (Lipinski definition) is 2. The molecule has 86 valence electrons. The highest BCUT2D eigenvalue weighted by Gasteiger charge is 2.23. The van der Waals surface area contributed by atoms with Crippen LogP contribution in [0.3, 0.4) is 0 Å². The number of likely N-dealkylation sites (N-methyl/N-ethyl adjacent to an activating group) is 1. The van der Waals surface area contributed by atoms with Crippen LogP contribution in [0.2, 0.25) is 0 Å². The van der Waals surface area contributed by atoms with Crippen molar-refractivity contribution in [2.24, 2.45) is 5.73 Å². The van der Waals surface area contributed by atoms with Gasteiger partial charge in [0, 0.05) is 12.7 Å². The maximum Gasteiger partial charge on any atom is 0.231 e. The molecule has 0 fully saturated rings. The van der Waals surface area contributed by atoms with Crippen molar-refractivity contribution in [1.29, 1.82) is 0 Å². The summed E-state index contributed by atoms with van der Waals surface area (Å²) in [5, 5.41) is 0. The number of carbonyl (C=O) groups is 1. The molecule has 1 amide bonds. The molecule has 1 aliphatic rings. The molecule has 0 saturated heterocycles. The lowest BCUT2D eigenvalue weighted by Crippen LogP contribution is -2.20. The molecule has 0 atom stereocenters. The fourth-order valence-electron chi connectivity index (χ4n) is 2.12. The second-order valence-corrected chi connectivity index (χ2v) is 4.34. The summed E-state index contributed by atoms with van der Waals surface area (Å²) < 4.78 is 0. The molecule has 2 rings (SSSR count). The highest BCUT2D eigenvalue weighted by atomic mass is 16.2. The number of fused-ring (bicyclic) bond motifs is 1. The highest BCUT2D eigenvalue weighted by molar-refractivity contribution is 6.00. The second-order valence-electron chi connectivity index (χ2n) is 4.34. The number of anilines is 1. The van der Waals surface area contributed by atoms with Crippen LogP contribution >= 0.6 is 0 Å². The molecule has 3 heteroatoms. The van der Waals surface area contributed by atoms with Gasteiger partial charge in [0.2, 0.25) is 5.91 Å². The monoisotopic (exact) mass is 218 g/mol. The minimum Gasteiger partial charge on any atom is -0.330 e. The van der Waals surface area contributed by atoms with Gasteiger partial charge < -0.3 is 10.6 Å². The topological polar surface area (TPSA) is 46.3 Å². The summed E-state index contributed by atoms with van der Waals surface area (Å²) >= 11 is 0. The molecule has 0 aliphatic carbocycles. The van der Waals surface area contributed by atoms with Gasteiger partial charge >= 0.3 is 0 Å². The quantitative estimate of drug-likeness (QED) is 0.778. The number of unbranched alkanes of at least 4 members (excludes halogenated alkanes) is 1. The van der Waals surface area contributed by atoms with Gasteiger partial charge in [0.1, 0.15) is 0 Å². The van der Waals surface area contributed by atoms with Crippen molar-refractivity contribution in [2.45, 2.75) is 25.7 Å². The summed E-state index contributed by atoms with van der Waals surface area (Å²) in [4.78, 5) is 13.3. The van der Waals surface area contributed by atoms with Gasteiger partial charge in [-0.1, -0.05) is 12.1 Å². The summed E-state index contributed by atoms with van der Waals surface area (Å²) in [5.74, 6) is 0.189. The Morgan fingerprint density at radius 1 is 1.38 bits per heavy atom. The number of nitrogens with zero attached hydrogens (tertiary/aromatic N) is 1. The Kier molecular flexibility index (Phi) is 3.25. The molecule has 1 aromatic carbocycles. The third-order valence-electron chi connectivity index (χ3n) is 3.15. The number of amides is 1. The fraction of sp³-hybridized carbons (Fsp3) is 0.462. The molecule has 3 nitrogen and oxygen atoms in total. The van der Waals surface area contributed by atoms with Gasteiger partial charge in [-0.15, -0.1) is 0 Å². The molecule has 0 radical (unpaired) electrons. The number of benzene rings is 1. The van der Waals surface area contributed by atoms with Crippen molar-refractivity contribution in [3.63, 3.8) is 0 Å². The number of hydrogen-bond donors (Lipinski definition) is 1. The van der Waals surface area contributed by atoms with Gasteiger partial charge in [-0.3, -0.25) is 4.79 Å². The Bertz CT molecular complexity index is 401. The molecule has 2 N–H and O–H groups in total. The lowest BCUT2D eigenvalue weighted by atomic mass is 10.0. The van der Waals surface area contributed by atoms with Crippen molar-refractivity contribution in [3.05, 3.63) is 29.3 Å². The average molecular weight is 218 g/mol. The predicted molar refractivity (Wildman–Crippen MR) is 65.5 cm³/mol. The second kappa shape index (κ2) is 4.66. The molecular weight excluding hydrogens is 200 g/mol. The Balaban J connectivity index is 2.11. The first-order chi connectivity index (χ1) is 7.72. The lowest BCUT2D eigenvalue weighted by molar-refractivity contribution is -0.117. The van der Waals surface area contributed by atoms with Crippen molar-refractivity contribution >= 4 is 11.6 Å². The molecule has 16 heavy (non-hydrogen) atoms. The van der Waals surface area contributed by atoms with E-state index in [9.17, 15) is 4.79 Å². The van der Waals surface area contributed by atoms with E-state index in [2.05, 4.69) is 18.2 Å². The molecule has 0 spiro atoms. The molecule has 0 aromatic heterocycles. The summed E-state index contributed by atoms with van der Waals surface area (Å²) in [7, 11) is 1.85. The summed E-state index contributed by atoms with van der Waals surface area (Å²) in [6, 6.07) is 6.34. The van der Waals surface area contributed by atoms with Crippen molar-refractivity contribution in [3.8, 4) is 0 Å². The maximum absolute atomic E-state index is 11.5. The normalized spacial score (nSPS) is 14.4. The smallest absolute Gasteiger partial charge is 0.231 e. The molecule has 0 bridgehead atoms. The Morgan fingerprint density at radius 3 is 2.94 bits per heavy atom. The fourth-order valence-corrected chi connectivity index (χ4v) is 2.12. The first-order valence-corrected chi connectivity index (χ1v) is 5.81. The summed E-state index contributed by atoms with van der Waals surface area (Å²) in [6.45, 7) is 0.753. The van der Waals surface area contributed by atoms with Crippen LogP contribution in [0.1, 0.15) is 24.0 Å². The van der Waals surface area contributed by atoms with Crippen LogP contribution in [0.15, 0.2) is 18.2 Å². The minimum absolute atomic E-state index is 0.189.